The molecule has 6 nitrogen and oxygen atoms in total. The highest BCUT2D eigenvalue weighted by molar-refractivity contribution is 6.08. The highest BCUT2D eigenvalue weighted by Gasteiger charge is 2.62. The number of esters is 1. The number of amides is 2. The summed E-state index contributed by atoms with van der Waals surface area (Å²) in [5.74, 6) is -2.43. The molecule has 2 amide bonds. The Labute approximate surface area is 155 Å². The van der Waals surface area contributed by atoms with Crippen molar-refractivity contribution in [2.75, 3.05) is 6.61 Å². The fourth-order valence-corrected chi connectivity index (χ4v) is 4.90. The molecule has 0 unspecified atom stereocenters. The van der Waals surface area contributed by atoms with Crippen LogP contribution in [-0.4, -0.2) is 41.1 Å². The third-order valence-electron chi connectivity index (χ3n) is 6.20. The summed E-state index contributed by atoms with van der Waals surface area (Å²) in [5.41, 5.74) is 0.219. The van der Waals surface area contributed by atoms with Gasteiger partial charge in [-0.15, -0.1) is 0 Å². The number of carbonyl (C=O) groups excluding carboxylic acids is 4. The van der Waals surface area contributed by atoms with Crippen molar-refractivity contribution in [3.8, 4) is 0 Å². The van der Waals surface area contributed by atoms with Crippen LogP contribution in [0, 0.1) is 29.5 Å². The Hall–Kier alpha value is -2.57. The predicted molar refractivity (Wildman–Crippen MR) is 90.8 cm³/mol. The minimum Gasteiger partial charge on any atom is -0.456 e. The number of ether oxygens (including phenoxy) is 1. The molecule has 7 heteroatoms. The first-order chi connectivity index (χ1) is 12.9. The number of Topliss-reactive ketones (excluding diaryl/α,β-unsaturated/α-hetero) is 1. The standard InChI is InChI=1S/C20H20FNO5/c1-10(20(26)27-9-15(23)11-4-6-14(21)7-5-11)22-18(24)16-12-2-3-13(8-12)17(16)19(22)25/h4-7,10,12-13,16-17H,2-3,8-9H2,1H3/t10-,12-,13+,16+,17+/m1/s1. The van der Waals surface area contributed by atoms with Crippen molar-refractivity contribution in [1.82, 2.24) is 4.90 Å². The number of halogens is 1. The van der Waals surface area contributed by atoms with E-state index in [2.05, 4.69) is 0 Å². The lowest BCUT2D eigenvalue weighted by Gasteiger charge is -2.22. The van der Waals surface area contributed by atoms with Gasteiger partial charge < -0.3 is 4.74 Å². The SMILES string of the molecule is C[C@H](C(=O)OCC(=O)c1ccc(F)cc1)N1C(=O)[C@H]2[C@@H]3CC[C@@H](C3)[C@@H]2C1=O. The average molecular weight is 373 g/mol. The van der Waals surface area contributed by atoms with Crippen molar-refractivity contribution in [1.29, 1.82) is 0 Å². The molecule has 2 bridgehead atoms. The van der Waals surface area contributed by atoms with Crippen LogP contribution < -0.4 is 0 Å². The van der Waals surface area contributed by atoms with E-state index in [4.69, 9.17) is 4.74 Å². The lowest BCUT2D eigenvalue weighted by molar-refractivity contribution is -0.157. The van der Waals surface area contributed by atoms with Gasteiger partial charge in [-0.1, -0.05) is 0 Å². The second-order valence-corrected chi connectivity index (χ2v) is 7.65. The van der Waals surface area contributed by atoms with Crippen molar-refractivity contribution in [2.45, 2.75) is 32.2 Å². The van der Waals surface area contributed by atoms with Crippen molar-refractivity contribution < 1.29 is 28.3 Å². The number of carbonyl (C=O) groups is 4. The topological polar surface area (TPSA) is 80.8 Å². The zero-order chi connectivity index (χ0) is 19.3. The van der Waals surface area contributed by atoms with Gasteiger partial charge in [0.2, 0.25) is 11.8 Å². The van der Waals surface area contributed by atoms with Crippen LogP contribution in [0.25, 0.3) is 0 Å². The molecule has 1 saturated heterocycles. The quantitative estimate of drug-likeness (QED) is 0.448. The van der Waals surface area contributed by atoms with Crippen LogP contribution in [-0.2, 0) is 19.1 Å². The van der Waals surface area contributed by atoms with E-state index < -0.39 is 30.2 Å². The van der Waals surface area contributed by atoms with E-state index in [1.807, 2.05) is 0 Å². The van der Waals surface area contributed by atoms with Gasteiger partial charge in [-0.3, -0.25) is 19.3 Å². The van der Waals surface area contributed by atoms with Crippen molar-refractivity contribution in [3.05, 3.63) is 35.6 Å². The van der Waals surface area contributed by atoms with Gasteiger partial charge in [0.1, 0.15) is 11.9 Å². The molecule has 27 heavy (non-hydrogen) atoms. The second kappa shape index (κ2) is 6.55. The van der Waals surface area contributed by atoms with Crippen molar-refractivity contribution >= 4 is 23.6 Å². The van der Waals surface area contributed by atoms with Crippen LogP contribution >= 0.6 is 0 Å². The van der Waals surface area contributed by atoms with Crippen molar-refractivity contribution in [2.24, 2.45) is 23.7 Å². The van der Waals surface area contributed by atoms with Crippen LogP contribution in [0.3, 0.4) is 0 Å². The molecule has 0 radical (unpaired) electrons. The molecule has 3 aliphatic rings. The van der Waals surface area contributed by atoms with Gasteiger partial charge in [-0.25, -0.2) is 9.18 Å². The summed E-state index contributed by atoms with van der Waals surface area (Å²) in [5, 5.41) is 0. The van der Waals surface area contributed by atoms with Crippen LogP contribution in [0.2, 0.25) is 0 Å². The van der Waals surface area contributed by atoms with E-state index in [1.165, 1.54) is 19.1 Å². The number of benzene rings is 1. The minimum atomic E-state index is -1.06. The fraction of sp³-hybridized carbons (Fsp3) is 0.500. The number of rotatable bonds is 5. The Morgan fingerprint density at radius 1 is 1.11 bits per heavy atom. The molecule has 1 heterocycles. The number of ketones is 1. The summed E-state index contributed by atoms with van der Waals surface area (Å²) >= 11 is 0. The Balaban J connectivity index is 1.39. The molecule has 142 valence electrons. The first-order valence-corrected chi connectivity index (χ1v) is 9.20. The van der Waals surface area contributed by atoms with Gasteiger partial charge >= 0.3 is 5.97 Å². The number of fused-ring (bicyclic) bond motifs is 5. The number of hydrogen-bond acceptors (Lipinski definition) is 5. The van der Waals surface area contributed by atoms with Crippen LogP contribution in [0.5, 0.6) is 0 Å². The van der Waals surface area contributed by atoms with Crippen molar-refractivity contribution in [3.63, 3.8) is 0 Å². The molecule has 1 aromatic rings. The summed E-state index contributed by atoms with van der Waals surface area (Å²) in [6, 6.07) is 3.84. The van der Waals surface area contributed by atoms with E-state index in [-0.39, 0.29) is 41.0 Å². The Kier molecular flexibility index (Phi) is 4.32. The third kappa shape index (κ3) is 2.85. The fourth-order valence-electron chi connectivity index (χ4n) is 4.90. The molecule has 0 aromatic heterocycles. The molecule has 0 N–H and O–H groups in total. The van der Waals surface area contributed by atoms with Gasteiger partial charge in [-0.05, 0) is 62.3 Å². The number of likely N-dealkylation sites (tertiary alicyclic amines) is 1. The zero-order valence-corrected chi connectivity index (χ0v) is 14.9. The van der Waals surface area contributed by atoms with Gasteiger partial charge in [0.05, 0.1) is 11.8 Å². The third-order valence-corrected chi connectivity index (χ3v) is 6.20. The number of hydrogen-bond donors (Lipinski definition) is 0. The van der Waals surface area contributed by atoms with Gasteiger partial charge in [0.25, 0.3) is 0 Å². The monoisotopic (exact) mass is 373 g/mol. The van der Waals surface area contributed by atoms with Gasteiger partial charge in [-0.2, -0.15) is 0 Å². The maximum atomic E-state index is 12.9. The van der Waals surface area contributed by atoms with Gasteiger partial charge in [0, 0.05) is 5.56 Å². The first-order valence-electron chi connectivity index (χ1n) is 9.20. The summed E-state index contributed by atoms with van der Waals surface area (Å²) in [7, 11) is 0. The summed E-state index contributed by atoms with van der Waals surface area (Å²) in [6.45, 7) is 0.923. The lowest BCUT2D eigenvalue weighted by Crippen LogP contribution is -2.45. The predicted octanol–water partition coefficient (Wildman–Crippen LogP) is 1.97. The molecule has 1 aliphatic heterocycles. The zero-order valence-electron chi connectivity index (χ0n) is 14.9. The largest absolute Gasteiger partial charge is 0.456 e. The van der Waals surface area contributed by atoms with Crippen LogP contribution in [0.1, 0.15) is 36.5 Å². The Bertz CT molecular complexity index is 792. The number of nitrogens with zero attached hydrogens (tertiary/aromatic N) is 1. The Morgan fingerprint density at radius 2 is 1.67 bits per heavy atom. The minimum absolute atomic E-state index is 0.219. The summed E-state index contributed by atoms with van der Waals surface area (Å²) < 4.78 is 17.9. The van der Waals surface area contributed by atoms with E-state index in [0.717, 1.165) is 36.3 Å². The molecule has 2 aliphatic carbocycles. The highest BCUT2D eigenvalue weighted by atomic mass is 19.1. The average Bonchev–Trinajstić information content (AvgIpc) is 3.33. The van der Waals surface area contributed by atoms with Gasteiger partial charge in [0.15, 0.2) is 12.4 Å². The number of imide groups is 1. The molecular weight excluding hydrogens is 353 g/mol. The smallest absolute Gasteiger partial charge is 0.329 e. The molecule has 5 atom stereocenters. The van der Waals surface area contributed by atoms with Crippen LogP contribution in [0.15, 0.2) is 24.3 Å². The lowest BCUT2D eigenvalue weighted by atomic mass is 9.81. The summed E-state index contributed by atoms with van der Waals surface area (Å²) in [4.78, 5) is 50.8. The normalized spacial score (nSPS) is 29.8. The molecule has 3 fully saturated rings. The highest BCUT2D eigenvalue weighted by Crippen LogP contribution is 2.56. The van der Waals surface area contributed by atoms with E-state index in [9.17, 15) is 23.6 Å². The molecule has 1 aromatic carbocycles. The summed E-state index contributed by atoms with van der Waals surface area (Å²) in [6.07, 6.45) is 2.85. The van der Waals surface area contributed by atoms with E-state index in [0.29, 0.717) is 0 Å². The molecule has 2 saturated carbocycles. The molecular formula is C20H20FNO5. The second-order valence-electron chi connectivity index (χ2n) is 7.65. The first kappa shape index (κ1) is 17.8. The molecule has 0 spiro atoms. The Morgan fingerprint density at radius 3 is 2.22 bits per heavy atom. The molecule has 4 rings (SSSR count). The maximum absolute atomic E-state index is 12.9. The maximum Gasteiger partial charge on any atom is 0.329 e. The van der Waals surface area contributed by atoms with E-state index in [1.54, 1.807) is 0 Å². The van der Waals surface area contributed by atoms with Crippen LogP contribution in [0.4, 0.5) is 4.39 Å². The van der Waals surface area contributed by atoms with E-state index >= 15 is 0 Å².